The Hall–Kier alpha value is -5.18. The van der Waals surface area contributed by atoms with Crippen molar-refractivity contribution in [2.24, 2.45) is 11.8 Å². The second kappa shape index (κ2) is 17.7. The number of carbonyl (C=O) groups is 3. The van der Waals surface area contributed by atoms with Gasteiger partial charge in [0.1, 0.15) is 35.3 Å². The number of hydrogen-bond donors (Lipinski definition) is 2. The van der Waals surface area contributed by atoms with Gasteiger partial charge in [-0.15, -0.1) is 0 Å². The van der Waals surface area contributed by atoms with Crippen LogP contribution in [0.5, 0.6) is 5.75 Å². The minimum atomic E-state index is -1.18. The predicted molar refractivity (Wildman–Crippen MR) is 229 cm³/mol. The largest absolute Gasteiger partial charge is 0.494 e. The topological polar surface area (TPSA) is 140 Å². The number of carbonyl (C=O) groups excluding carboxylic acids is 3. The Bertz CT molecular complexity index is 2240. The summed E-state index contributed by atoms with van der Waals surface area (Å²) in [6, 6.07) is 10.6. The number of alkyl halides is 1. The molecule has 0 aliphatic carbocycles. The highest BCUT2D eigenvalue weighted by Gasteiger charge is 2.42. The maximum Gasteiger partial charge on any atom is 0.255 e. The number of halogens is 2. The Kier molecular flexibility index (Phi) is 11.9. The minimum absolute atomic E-state index is 0.00322. The van der Waals surface area contributed by atoms with Gasteiger partial charge in [-0.3, -0.25) is 24.8 Å². The molecule has 0 bridgehead atoms. The van der Waals surface area contributed by atoms with Crippen LogP contribution in [-0.2, 0) is 16.1 Å². The fraction of sp³-hybridized carbons (Fsp3) is 0.565. The molecule has 4 saturated heterocycles. The molecule has 1 unspecified atom stereocenters. The molecule has 2 aromatic heterocycles. The Balaban J connectivity index is 0.721. The number of H-pyrrole nitrogens is 1. The summed E-state index contributed by atoms with van der Waals surface area (Å²) >= 11 is 0. The molecule has 5 aliphatic heterocycles. The summed E-state index contributed by atoms with van der Waals surface area (Å²) in [7, 11) is 0. The maximum absolute atomic E-state index is 16.4. The molecular weight excluding hydrogens is 781 g/mol. The van der Waals surface area contributed by atoms with Crippen LogP contribution in [0.3, 0.4) is 0 Å². The van der Waals surface area contributed by atoms with Gasteiger partial charge in [0.05, 0.1) is 30.0 Å². The van der Waals surface area contributed by atoms with Crippen molar-refractivity contribution in [1.29, 1.82) is 0 Å². The van der Waals surface area contributed by atoms with E-state index in [0.29, 0.717) is 56.1 Å². The van der Waals surface area contributed by atoms with Gasteiger partial charge in [-0.25, -0.2) is 18.7 Å². The molecule has 0 radical (unpaired) electrons. The molecule has 0 spiro atoms. The molecule has 1 atom stereocenters. The summed E-state index contributed by atoms with van der Waals surface area (Å²) < 4.78 is 38.3. The number of benzene rings is 2. The van der Waals surface area contributed by atoms with Gasteiger partial charge in [-0.1, -0.05) is 19.8 Å². The van der Waals surface area contributed by atoms with Gasteiger partial charge >= 0.3 is 0 Å². The van der Waals surface area contributed by atoms with E-state index in [0.717, 1.165) is 112 Å². The van der Waals surface area contributed by atoms with Crippen LogP contribution >= 0.6 is 0 Å². The number of hydrogen-bond acceptors (Lipinski definition) is 10. The van der Waals surface area contributed by atoms with Gasteiger partial charge in [0, 0.05) is 74.8 Å². The number of unbranched alkanes of at least 4 members (excludes halogenated alkanes) is 2. The lowest BCUT2D eigenvalue weighted by Crippen LogP contribution is -2.52. The molecule has 4 aromatic rings. The molecule has 2 N–H and O–H groups in total. The fourth-order valence-electron chi connectivity index (χ4n) is 10.3. The lowest BCUT2D eigenvalue weighted by molar-refractivity contribution is -0.136. The third-order valence-electron chi connectivity index (χ3n) is 13.9. The third kappa shape index (κ3) is 8.80. The number of piperidine rings is 4. The molecule has 4 fully saturated rings. The van der Waals surface area contributed by atoms with E-state index >= 15 is 8.78 Å². The molecule has 15 heteroatoms. The second-order valence-corrected chi connectivity index (χ2v) is 17.9. The van der Waals surface area contributed by atoms with E-state index < -0.39 is 23.4 Å². The normalized spacial score (nSPS) is 21.7. The van der Waals surface area contributed by atoms with Crippen molar-refractivity contribution >= 4 is 40.1 Å². The minimum Gasteiger partial charge on any atom is -0.494 e. The van der Waals surface area contributed by atoms with Crippen LogP contribution in [0.4, 0.5) is 20.3 Å². The van der Waals surface area contributed by atoms with Crippen molar-refractivity contribution in [2.45, 2.75) is 102 Å². The van der Waals surface area contributed by atoms with E-state index in [-0.39, 0.29) is 42.7 Å². The van der Waals surface area contributed by atoms with Gasteiger partial charge in [-0.2, -0.15) is 5.10 Å². The summed E-state index contributed by atoms with van der Waals surface area (Å²) in [5.41, 5.74) is 2.35. The summed E-state index contributed by atoms with van der Waals surface area (Å²) in [5, 5.41) is 11.0. The van der Waals surface area contributed by atoms with Gasteiger partial charge < -0.3 is 24.3 Å². The number of nitrogens with zero attached hydrogens (tertiary/aromatic N) is 7. The van der Waals surface area contributed by atoms with E-state index in [4.69, 9.17) is 4.74 Å². The highest BCUT2D eigenvalue weighted by atomic mass is 19.1. The van der Waals surface area contributed by atoms with Gasteiger partial charge in [0.25, 0.3) is 5.91 Å². The Morgan fingerprint density at radius 3 is 2.43 bits per heavy atom. The van der Waals surface area contributed by atoms with Crippen molar-refractivity contribution in [3.63, 3.8) is 0 Å². The number of imide groups is 1. The number of ether oxygens (including phenoxy) is 1. The summed E-state index contributed by atoms with van der Waals surface area (Å²) in [6.45, 7) is 8.47. The number of anilines is 2. The first-order chi connectivity index (χ1) is 29.6. The number of aromatic amines is 1. The third-order valence-corrected chi connectivity index (χ3v) is 13.9. The lowest BCUT2D eigenvalue weighted by atomic mass is 9.80. The molecule has 0 saturated carbocycles. The zero-order valence-corrected chi connectivity index (χ0v) is 35.1. The van der Waals surface area contributed by atoms with E-state index in [9.17, 15) is 14.4 Å². The molecular formula is C46H57F2N9O4. The van der Waals surface area contributed by atoms with E-state index in [1.165, 1.54) is 4.90 Å². The average Bonchev–Trinajstić information content (AvgIpc) is 3.85. The zero-order chi connectivity index (χ0) is 42.1. The van der Waals surface area contributed by atoms with Crippen LogP contribution in [0, 0.1) is 17.7 Å². The SMILES string of the molecule is CCCCCOc1ccc2[nH]nc(-c3cc(N4CCC(CN5CCC(F)(CC6CCN(c7ccc8c(c7F)CN(C7CCC(=O)NC7=O)C8=O)CC6)CC5)CC4)ncn3)c2c1. The molecule has 7 heterocycles. The monoisotopic (exact) mass is 837 g/mol. The maximum atomic E-state index is 16.4. The van der Waals surface area contributed by atoms with Crippen molar-refractivity contribution in [3.05, 3.63) is 59.7 Å². The van der Waals surface area contributed by atoms with Crippen molar-refractivity contribution in [1.82, 2.24) is 35.3 Å². The van der Waals surface area contributed by atoms with E-state index in [1.807, 2.05) is 29.2 Å². The Morgan fingerprint density at radius 1 is 0.885 bits per heavy atom. The first kappa shape index (κ1) is 41.2. The number of rotatable bonds is 13. The number of fused-ring (bicyclic) bond motifs is 2. The van der Waals surface area contributed by atoms with Crippen molar-refractivity contribution in [2.75, 3.05) is 62.2 Å². The number of amides is 3. The molecule has 3 amide bonds. The van der Waals surface area contributed by atoms with E-state index in [2.05, 4.69) is 42.2 Å². The Morgan fingerprint density at radius 2 is 1.66 bits per heavy atom. The molecule has 9 rings (SSSR count). The average molecular weight is 838 g/mol. The van der Waals surface area contributed by atoms with E-state index in [1.54, 1.807) is 18.5 Å². The first-order valence-electron chi connectivity index (χ1n) is 22.5. The quantitative estimate of drug-likeness (QED) is 0.109. The number of nitrogens with one attached hydrogen (secondary N) is 2. The van der Waals surface area contributed by atoms with Crippen LogP contribution in [-0.4, -0.2) is 112 Å². The first-order valence-corrected chi connectivity index (χ1v) is 22.5. The van der Waals surface area contributed by atoms with Crippen LogP contribution < -0.4 is 19.9 Å². The van der Waals surface area contributed by atoms with Gasteiger partial charge in [-0.05, 0) is 100.0 Å². The number of likely N-dealkylation sites (tertiary alicyclic amines) is 1. The lowest BCUT2D eigenvalue weighted by Gasteiger charge is -2.42. The fourth-order valence-corrected chi connectivity index (χ4v) is 10.3. The highest BCUT2D eigenvalue weighted by molar-refractivity contribution is 6.05. The predicted octanol–water partition coefficient (Wildman–Crippen LogP) is 6.82. The van der Waals surface area contributed by atoms with Gasteiger partial charge in [0.15, 0.2) is 5.82 Å². The summed E-state index contributed by atoms with van der Waals surface area (Å²) in [5.74, 6) is 0.847. The Labute approximate surface area is 355 Å². The van der Waals surface area contributed by atoms with Crippen LogP contribution in [0.15, 0.2) is 42.7 Å². The number of aromatic nitrogens is 4. The second-order valence-electron chi connectivity index (χ2n) is 17.9. The van der Waals surface area contributed by atoms with Crippen molar-refractivity contribution < 1.29 is 27.9 Å². The molecule has 2 aromatic carbocycles. The van der Waals surface area contributed by atoms with Gasteiger partial charge in [0.2, 0.25) is 11.8 Å². The molecule has 61 heavy (non-hydrogen) atoms. The zero-order valence-electron chi connectivity index (χ0n) is 35.1. The van der Waals surface area contributed by atoms with Crippen molar-refractivity contribution in [3.8, 4) is 17.1 Å². The highest BCUT2D eigenvalue weighted by Crippen LogP contribution is 2.40. The standard InChI is InChI=1S/C46H57F2N9O4/c1-2-3-4-23-61-32-5-7-36-34(24-32)43(53-52-36)37-25-40(50-29-49-37)56-19-13-31(14-20-56)27-54-21-15-46(48,16-22-54)26-30-11-17-55(18-12-30)38-8-6-33-35(42(38)47)28-57(45(33)60)39-9-10-41(58)51-44(39)59/h5-8,24-25,29-31,39H,2-4,9-23,26-28H2,1H3,(H,52,53)(H,51,58,59). The van der Waals surface area contributed by atoms with Crippen LogP contribution in [0.25, 0.3) is 22.3 Å². The molecule has 5 aliphatic rings. The smallest absolute Gasteiger partial charge is 0.255 e. The molecule has 324 valence electrons. The van der Waals surface area contributed by atoms with Crippen LogP contribution in [0.1, 0.15) is 99.9 Å². The summed E-state index contributed by atoms with van der Waals surface area (Å²) in [4.78, 5) is 54.6. The van der Waals surface area contributed by atoms with Crippen LogP contribution in [0.2, 0.25) is 0 Å². The molecule has 13 nitrogen and oxygen atoms in total. The summed E-state index contributed by atoms with van der Waals surface area (Å²) in [6.07, 6.45) is 10.7.